The van der Waals surface area contributed by atoms with Crippen molar-refractivity contribution < 1.29 is 19.1 Å². The number of hydrogen-bond acceptors (Lipinski definition) is 5. The van der Waals surface area contributed by atoms with Gasteiger partial charge in [-0.3, -0.25) is 0 Å². The lowest BCUT2D eigenvalue weighted by molar-refractivity contribution is -0.143. The van der Waals surface area contributed by atoms with Crippen molar-refractivity contribution in [3.8, 4) is 0 Å². The fraction of sp³-hybridized carbons (Fsp3) is 0.423. The van der Waals surface area contributed by atoms with Crippen molar-refractivity contribution in [3.05, 3.63) is 66.0 Å². The molecule has 33 heavy (non-hydrogen) atoms. The molecule has 1 fully saturated rings. The Morgan fingerprint density at radius 3 is 2.39 bits per heavy atom. The van der Waals surface area contributed by atoms with Crippen LogP contribution in [-0.4, -0.2) is 52.3 Å². The highest BCUT2D eigenvalue weighted by Crippen LogP contribution is 2.35. The molecule has 2 aromatic heterocycles. The van der Waals surface area contributed by atoms with Crippen molar-refractivity contribution in [2.75, 3.05) is 20.2 Å². The summed E-state index contributed by atoms with van der Waals surface area (Å²) < 4.78 is 12.5. The number of rotatable bonds is 4. The fourth-order valence-corrected chi connectivity index (χ4v) is 4.50. The highest BCUT2D eigenvalue weighted by atomic mass is 16.6. The maximum Gasteiger partial charge on any atom is 0.410 e. The van der Waals surface area contributed by atoms with E-state index in [0.29, 0.717) is 19.0 Å². The number of likely N-dealkylation sites (tertiary alicyclic amines) is 1. The molecule has 0 aliphatic carbocycles. The number of pyridine rings is 1. The summed E-state index contributed by atoms with van der Waals surface area (Å²) in [4.78, 5) is 31.5. The van der Waals surface area contributed by atoms with Gasteiger partial charge in [-0.2, -0.15) is 0 Å². The van der Waals surface area contributed by atoms with Gasteiger partial charge < -0.3 is 18.9 Å². The summed E-state index contributed by atoms with van der Waals surface area (Å²) in [5.41, 5.74) is 2.29. The maximum atomic E-state index is 12.7. The van der Waals surface area contributed by atoms with Gasteiger partial charge in [0.15, 0.2) is 6.04 Å². The average Bonchev–Trinajstić information content (AvgIpc) is 3.23. The average molecular weight is 450 g/mol. The van der Waals surface area contributed by atoms with Crippen molar-refractivity contribution in [1.29, 1.82) is 0 Å². The molecule has 3 heterocycles. The number of benzene rings is 1. The van der Waals surface area contributed by atoms with E-state index in [2.05, 4.69) is 11.1 Å². The third-order valence-electron chi connectivity index (χ3n) is 6.05. The van der Waals surface area contributed by atoms with Crippen molar-refractivity contribution in [2.24, 2.45) is 0 Å². The van der Waals surface area contributed by atoms with E-state index in [1.54, 1.807) is 11.1 Å². The number of carbonyl (C=O) groups is 2. The number of carbonyl (C=O) groups excluding carboxylic acids is 2. The van der Waals surface area contributed by atoms with Gasteiger partial charge in [0, 0.05) is 30.9 Å². The lowest BCUT2D eigenvalue weighted by Crippen LogP contribution is -2.41. The molecule has 1 aliphatic heterocycles. The van der Waals surface area contributed by atoms with Crippen LogP contribution in [0.4, 0.5) is 4.79 Å². The fourth-order valence-electron chi connectivity index (χ4n) is 4.50. The van der Waals surface area contributed by atoms with Gasteiger partial charge in [0.2, 0.25) is 0 Å². The van der Waals surface area contributed by atoms with E-state index in [1.807, 2.05) is 67.9 Å². The van der Waals surface area contributed by atoms with Crippen molar-refractivity contribution in [1.82, 2.24) is 14.5 Å². The summed E-state index contributed by atoms with van der Waals surface area (Å²) in [6.07, 6.45) is 5.15. The van der Waals surface area contributed by atoms with Crippen LogP contribution in [0.25, 0.3) is 11.0 Å². The highest BCUT2D eigenvalue weighted by Gasteiger charge is 2.30. The molecule has 174 valence electrons. The van der Waals surface area contributed by atoms with Gasteiger partial charge in [0.1, 0.15) is 11.2 Å². The number of esters is 1. The molecule has 7 heteroatoms. The molecule has 0 bridgehead atoms. The first-order valence-electron chi connectivity index (χ1n) is 11.3. The standard InChI is InChI=1S/C26H31N3O4/c1-26(2,3)33-25(31)28-15-11-18(12-16-28)20-10-14-27-23-21(20)13-17-29(23)22(24(30)32-4)19-8-6-5-7-9-19/h5-10,13-14,17-18,22H,11-12,15-16H2,1-4H3. The lowest BCUT2D eigenvalue weighted by Gasteiger charge is -2.33. The predicted octanol–water partition coefficient (Wildman–Crippen LogP) is 4.91. The monoisotopic (exact) mass is 449 g/mol. The van der Waals surface area contributed by atoms with E-state index in [1.165, 1.54) is 12.7 Å². The molecule has 0 radical (unpaired) electrons. The van der Waals surface area contributed by atoms with Crippen LogP contribution in [0.15, 0.2) is 54.9 Å². The molecule has 4 rings (SSSR count). The smallest absolute Gasteiger partial charge is 0.410 e. The number of fused-ring (bicyclic) bond motifs is 1. The topological polar surface area (TPSA) is 73.7 Å². The molecule has 7 nitrogen and oxygen atoms in total. The van der Waals surface area contributed by atoms with E-state index in [-0.39, 0.29) is 12.1 Å². The van der Waals surface area contributed by atoms with Crippen molar-refractivity contribution >= 4 is 23.1 Å². The Morgan fingerprint density at radius 1 is 1.06 bits per heavy atom. The van der Waals surface area contributed by atoms with E-state index in [9.17, 15) is 9.59 Å². The van der Waals surface area contributed by atoms with Gasteiger partial charge in [0.05, 0.1) is 7.11 Å². The summed E-state index contributed by atoms with van der Waals surface area (Å²) in [7, 11) is 1.40. The molecule has 0 N–H and O–H groups in total. The van der Waals surface area contributed by atoms with E-state index in [0.717, 1.165) is 29.4 Å². The van der Waals surface area contributed by atoms with Gasteiger partial charge >= 0.3 is 12.1 Å². The van der Waals surface area contributed by atoms with Crippen molar-refractivity contribution in [2.45, 2.75) is 51.2 Å². The number of aromatic nitrogens is 2. The molecule has 1 aliphatic rings. The quantitative estimate of drug-likeness (QED) is 0.529. The zero-order chi connectivity index (χ0) is 23.6. The molecule has 1 aromatic carbocycles. The summed E-state index contributed by atoms with van der Waals surface area (Å²) in [5.74, 6) is -0.0325. The zero-order valence-corrected chi connectivity index (χ0v) is 19.7. The Kier molecular flexibility index (Phi) is 6.40. The summed E-state index contributed by atoms with van der Waals surface area (Å²) >= 11 is 0. The Hall–Kier alpha value is -3.35. The van der Waals surface area contributed by atoms with Crippen LogP contribution in [0, 0.1) is 0 Å². The largest absolute Gasteiger partial charge is 0.467 e. The second-order valence-corrected chi connectivity index (χ2v) is 9.44. The second-order valence-electron chi connectivity index (χ2n) is 9.44. The second kappa shape index (κ2) is 9.25. The lowest BCUT2D eigenvalue weighted by atomic mass is 9.88. The van der Waals surface area contributed by atoms with Gasteiger partial charge in [-0.05, 0) is 62.8 Å². The van der Waals surface area contributed by atoms with Gasteiger partial charge in [0.25, 0.3) is 0 Å². The van der Waals surface area contributed by atoms with Crippen LogP contribution in [0.3, 0.4) is 0 Å². The molecule has 1 saturated heterocycles. The van der Waals surface area contributed by atoms with Gasteiger partial charge in [-0.1, -0.05) is 30.3 Å². The molecule has 0 saturated carbocycles. The Balaban J connectivity index is 1.59. The Bertz CT molecular complexity index is 1130. The third kappa shape index (κ3) is 4.87. The van der Waals surface area contributed by atoms with E-state index in [4.69, 9.17) is 9.47 Å². The molecular formula is C26H31N3O4. The third-order valence-corrected chi connectivity index (χ3v) is 6.05. The van der Waals surface area contributed by atoms with Crippen LogP contribution < -0.4 is 0 Å². The highest BCUT2D eigenvalue weighted by molar-refractivity contribution is 5.85. The molecule has 1 atom stereocenters. The first-order chi connectivity index (χ1) is 15.8. The number of piperidine rings is 1. The van der Waals surface area contributed by atoms with Crippen molar-refractivity contribution in [3.63, 3.8) is 0 Å². The first kappa shape index (κ1) is 22.8. The zero-order valence-electron chi connectivity index (χ0n) is 19.7. The first-order valence-corrected chi connectivity index (χ1v) is 11.3. The minimum Gasteiger partial charge on any atom is -0.467 e. The van der Waals surface area contributed by atoms with E-state index >= 15 is 0 Å². The normalized spacial score (nSPS) is 15.9. The number of amides is 1. The summed E-state index contributed by atoms with van der Waals surface area (Å²) in [6, 6.07) is 13.1. The number of methoxy groups -OCH3 is 1. The number of nitrogens with zero attached hydrogens (tertiary/aromatic N) is 3. The van der Waals surface area contributed by atoms with Crippen LogP contribution in [0.1, 0.15) is 56.7 Å². The molecule has 1 amide bonds. The Labute approximate surface area is 194 Å². The molecule has 3 aromatic rings. The molecular weight excluding hydrogens is 418 g/mol. The summed E-state index contributed by atoms with van der Waals surface area (Å²) in [6.45, 7) is 6.95. The SMILES string of the molecule is COC(=O)C(c1ccccc1)n1ccc2c(C3CCN(C(=O)OC(C)(C)C)CC3)ccnc21. The number of ether oxygens (including phenoxy) is 2. The van der Waals surface area contributed by atoms with Crippen LogP contribution in [-0.2, 0) is 14.3 Å². The molecule has 0 spiro atoms. The van der Waals surface area contributed by atoms with Gasteiger partial charge in [-0.15, -0.1) is 0 Å². The summed E-state index contributed by atoms with van der Waals surface area (Å²) in [5, 5.41) is 1.03. The number of hydrogen-bond donors (Lipinski definition) is 0. The van der Waals surface area contributed by atoms with E-state index < -0.39 is 11.6 Å². The van der Waals surface area contributed by atoms with Crippen LogP contribution in [0.2, 0.25) is 0 Å². The van der Waals surface area contributed by atoms with Crippen LogP contribution in [0.5, 0.6) is 0 Å². The minimum atomic E-state index is -0.606. The molecule has 1 unspecified atom stereocenters. The van der Waals surface area contributed by atoms with Crippen LogP contribution >= 0.6 is 0 Å². The minimum absolute atomic E-state index is 0.254. The Morgan fingerprint density at radius 2 is 1.76 bits per heavy atom. The maximum absolute atomic E-state index is 12.7. The predicted molar refractivity (Wildman–Crippen MR) is 126 cm³/mol. The van der Waals surface area contributed by atoms with Gasteiger partial charge in [-0.25, -0.2) is 14.6 Å².